The van der Waals surface area contributed by atoms with Crippen molar-refractivity contribution in [3.63, 3.8) is 0 Å². The number of amidine groups is 1. The van der Waals surface area contributed by atoms with E-state index in [9.17, 15) is 14.7 Å². The molecule has 1 aliphatic heterocycles. The van der Waals surface area contributed by atoms with Gasteiger partial charge in [-0.3, -0.25) is 4.79 Å². The standard InChI is InChI=1S/C18H14N2O4S/c1-20(14-9-3-2-8-13(14)17(22)23)18-19-16(21)15(25-18)10-4-6-12-7-5-11-24-12/h2-11H,1H3,(H,22,23). The van der Waals surface area contributed by atoms with E-state index in [2.05, 4.69) is 4.99 Å². The number of rotatable bonds is 4. The van der Waals surface area contributed by atoms with Gasteiger partial charge < -0.3 is 14.4 Å². The third-order valence-corrected chi connectivity index (χ3v) is 4.52. The van der Waals surface area contributed by atoms with Gasteiger partial charge in [0.15, 0.2) is 5.17 Å². The minimum Gasteiger partial charge on any atom is -0.478 e. The molecule has 2 heterocycles. The highest BCUT2D eigenvalue weighted by atomic mass is 32.2. The summed E-state index contributed by atoms with van der Waals surface area (Å²) in [4.78, 5) is 29.5. The van der Waals surface area contributed by atoms with E-state index in [0.29, 0.717) is 21.5 Å². The largest absolute Gasteiger partial charge is 0.478 e. The van der Waals surface area contributed by atoms with Gasteiger partial charge in [-0.05, 0) is 48.2 Å². The Hall–Kier alpha value is -3.06. The second kappa shape index (κ2) is 7.23. The molecular formula is C18H14N2O4S. The Morgan fingerprint density at radius 3 is 2.80 bits per heavy atom. The number of hydrogen-bond acceptors (Lipinski definition) is 5. The van der Waals surface area contributed by atoms with Gasteiger partial charge in [-0.1, -0.05) is 18.2 Å². The lowest BCUT2D eigenvalue weighted by Gasteiger charge is -2.19. The van der Waals surface area contributed by atoms with E-state index < -0.39 is 5.97 Å². The number of carbonyl (C=O) groups is 2. The summed E-state index contributed by atoms with van der Waals surface area (Å²) in [5, 5.41) is 9.73. The maximum Gasteiger partial charge on any atom is 0.337 e. The monoisotopic (exact) mass is 354 g/mol. The maximum atomic E-state index is 12.1. The number of nitrogens with zero attached hydrogens (tertiary/aromatic N) is 2. The van der Waals surface area contributed by atoms with Crippen LogP contribution in [0.15, 0.2) is 69.1 Å². The number of carboxylic acids is 1. The third-order valence-electron chi connectivity index (χ3n) is 3.44. The highest BCUT2D eigenvalue weighted by Crippen LogP contribution is 2.31. The molecule has 1 aromatic heterocycles. The van der Waals surface area contributed by atoms with Crippen LogP contribution >= 0.6 is 11.8 Å². The van der Waals surface area contributed by atoms with E-state index in [1.54, 1.807) is 66.8 Å². The van der Waals surface area contributed by atoms with E-state index in [0.717, 1.165) is 0 Å². The number of amides is 1. The Kier molecular flexibility index (Phi) is 4.85. The maximum absolute atomic E-state index is 12.1. The van der Waals surface area contributed by atoms with Crippen LogP contribution in [0.3, 0.4) is 0 Å². The summed E-state index contributed by atoms with van der Waals surface area (Å²) in [5.74, 6) is -0.709. The van der Waals surface area contributed by atoms with Crippen molar-refractivity contribution in [3.05, 3.63) is 71.0 Å². The molecule has 0 unspecified atom stereocenters. The summed E-state index contributed by atoms with van der Waals surface area (Å²) in [5.41, 5.74) is 0.623. The molecule has 1 aromatic carbocycles. The molecule has 1 aliphatic rings. The number of carbonyl (C=O) groups excluding carboxylic acids is 1. The molecule has 126 valence electrons. The van der Waals surface area contributed by atoms with Crippen LogP contribution in [0.25, 0.3) is 6.08 Å². The van der Waals surface area contributed by atoms with Gasteiger partial charge in [0, 0.05) is 7.05 Å². The molecule has 0 saturated heterocycles. The minimum atomic E-state index is -1.03. The predicted octanol–water partition coefficient (Wildman–Crippen LogP) is 3.64. The molecule has 2 aromatic rings. The van der Waals surface area contributed by atoms with Crippen molar-refractivity contribution in [2.24, 2.45) is 4.99 Å². The van der Waals surface area contributed by atoms with Crippen LogP contribution in [0.5, 0.6) is 0 Å². The first-order valence-corrected chi connectivity index (χ1v) is 8.16. The first kappa shape index (κ1) is 16.8. The van der Waals surface area contributed by atoms with Gasteiger partial charge in [0.25, 0.3) is 5.91 Å². The Labute approximate surface area is 148 Å². The number of furan rings is 1. The zero-order chi connectivity index (χ0) is 17.8. The summed E-state index contributed by atoms with van der Waals surface area (Å²) in [6.07, 6.45) is 6.67. The zero-order valence-corrected chi connectivity index (χ0v) is 14.1. The Balaban J connectivity index is 1.78. The van der Waals surface area contributed by atoms with Gasteiger partial charge >= 0.3 is 5.97 Å². The molecule has 0 saturated carbocycles. The van der Waals surface area contributed by atoms with Crippen molar-refractivity contribution >= 4 is 40.6 Å². The molecule has 0 fully saturated rings. The molecule has 0 atom stereocenters. The first-order chi connectivity index (χ1) is 12.1. The number of benzene rings is 1. The fourth-order valence-corrected chi connectivity index (χ4v) is 3.06. The van der Waals surface area contributed by atoms with Crippen LogP contribution in [0.4, 0.5) is 5.69 Å². The molecule has 0 aliphatic carbocycles. The van der Waals surface area contributed by atoms with E-state index in [4.69, 9.17) is 4.42 Å². The van der Waals surface area contributed by atoms with Crippen molar-refractivity contribution < 1.29 is 19.1 Å². The van der Waals surface area contributed by atoms with Gasteiger partial charge in [-0.25, -0.2) is 4.79 Å². The summed E-state index contributed by atoms with van der Waals surface area (Å²) >= 11 is 1.19. The molecule has 0 radical (unpaired) electrons. The fraction of sp³-hybridized carbons (Fsp3) is 0.0556. The van der Waals surface area contributed by atoms with Gasteiger partial charge in [-0.2, -0.15) is 4.99 Å². The third kappa shape index (κ3) is 3.72. The number of allylic oxidation sites excluding steroid dienone is 2. The van der Waals surface area contributed by atoms with Crippen molar-refractivity contribution in [3.8, 4) is 0 Å². The van der Waals surface area contributed by atoms with Gasteiger partial charge in [0.1, 0.15) is 5.76 Å². The number of aliphatic imine (C=N–C) groups is 1. The number of aromatic carboxylic acids is 1. The number of hydrogen-bond donors (Lipinski definition) is 1. The summed E-state index contributed by atoms with van der Waals surface area (Å²) in [7, 11) is 1.68. The molecule has 6 nitrogen and oxygen atoms in total. The highest BCUT2D eigenvalue weighted by molar-refractivity contribution is 8.18. The molecule has 0 spiro atoms. The predicted molar refractivity (Wildman–Crippen MR) is 97.7 cm³/mol. The Morgan fingerprint density at radius 1 is 1.28 bits per heavy atom. The SMILES string of the molecule is CN(C1=NC(=O)C(=CC=Cc2ccco2)S1)c1ccccc1C(=O)O. The summed E-state index contributed by atoms with van der Waals surface area (Å²) < 4.78 is 5.18. The number of carboxylic acid groups (broad SMARTS) is 1. The quantitative estimate of drug-likeness (QED) is 0.844. The second-order valence-corrected chi connectivity index (χ2v) is 6.10. The normalized spacial score (nSPS) is 15.8. The van der Waals surface area contributed by atoms with Crippen LogP contribution in [0.2, 0.25) is 0 Å². The number of para-hydroxylation sites is 1. The lowest BCUT2D eigenvalue weighted by molar-refractivity contribution is -0.113. The highest BCUT2D eigenvalue weighted by Gasteiger charge is 2.26. The fourth-order valence-electron chi connectivity index (χ4n) is 2.22. The minimum absolute atomic E-state index is 0.149. The van der Waals surface area contributed by atoms with Crippen molar-refractivity contribution in [2.45, 2.75) is 0 Å². The molecule has 1 N–H and O–H groups in total. The van der Waals surface area contributed by atoms with Gasteiger partial charge in [0.2, 0.25) is 0 Å². The number of anilines is 1. The van der Waals surface area contributed by atoms with Crippen molar-refractivity contribution in [1.82, 2.24) is 0 Å². The van der Waals surface area contributed by atoms with Crippen LogP contribution in [-0.4, -0.2) is 29.2 Å². The van der Waals surface area contributed by atoms with Crippen LogP contribution in [0, 0.1) is 0 Å². The topological polar surface area (TPSA) is 83.1 Å². The average Bonchev–Trinajstić information content (AvgIpc) is 3.24. The van der Waals surface area contributed by atoms with Gasteiger partial charge in [-0.15, -0.1) is 0 Å². The van der Waals surface area contributed by atoms with E-state index in [1.165, 1.54) is 17.8 Å². The van der Waals surface area contributed by atoms with Gasteiger partial charge in [0.05, 0.1) is 22.4 Å². The molecular weight excluding hydrogens is 340 g/mol. The van der Waals surface area contributed by atoms with Crippen molar-refractivity contribution in [2.75, 3.05) is 11.9 Å². The van der Waals surface area contributed by atoms with Crippen LogP contribution < -0.4 is 4.90 Å². The lowest BCUT2D eigenvalue weighted by atomic mass is 10.1. The molecule has 25 heavy (non-hydrogen) atoms. The molecule has 1 amide bonds. The molecule has 3 rings (SSSR count). The smallest absolute Gasteiger partial charge is 0.337 e. The Morgan fingerprint density at radius 2 is 2.08 bits per heavy atom. The summed E-state index contributed by atoms with van der Waals surface area (Å²) in [6, 6.07) is 10.2. The van der Waals surface area contributed by atoms with E-state index in [1.807, 2.05) is 0 Å². The number of thioether (sulfide) groups is 1. The lowest BCUT2D eigenvalue weighted by Crippen LogP contribution is -2.24. The Bertz CT molecular complexity index is 898. The van der Waals surface area contributed by atoms with Crippen molar-refractivity contribution in [1.29, 1.82) is 0 Å². The molecule has 7 heteroatoms. The van der Waals surface area contributed by atoms with E-state index >= 15 is 0 Å². The molecule has 0 bridgehead atoms. The first-order valence-electron chi connectivity index (χ1n) is 7.35. The summed E-state index contributed by atoms with van der Waals surface area (Å²) in [6.45, 7) is 0. The zero-order valence-electron chi connectivity index (χ0n) is 13.2. The average molecular weight is 354 g/mol. The van der Waals surface area contributed by atoms with Crippen LogP contribution in [-0.2, 0) is 4.79 Å². The van der Waals surface area contributed by atoms with Crippen LogP contribution in [0.1, 0.15) is 16.1 Å². The van der Waals surface area contributed by atoms with E-state index in [-0.39, 0.29) is 11.5 Å². The second-order valence-electron chi connectivity index (χ2n) is 5.09.